The fourth-order valence-electron chi connectivity index (χ4n) is 2.30. The fraction of sp³-hybridized carbons (Fsp3) is 0.692. The second-order valence-corrected chi connectivity index (χ2v) is 7.41. The Labute approximate surface area is 133 Å². The van der Waals surface area contributed by atoms with Gasteiger partial charge < -0.3 is 4.90 Å². The second-order valence-electron chi connectivity index (χ2n) is 5.48. The molecule has 1 aliphatic rings. The predicted molar refractivity (Wildman–Crippen MR) is 79.5 cm³/mol. The Morgan fingerprint density at radius 3 is 2.52 bits per heavy atom. The Kier molecular flexibility index (Phi) is 5.45. The number of aryl methyl sites for hydroxylation is 1. The van der Waals surface area contributed by atoms with Crippen LogP contribution in [-0.2, 0) is 16.6 Å². The number of aromatic nitrogens is 2. The zero-order valence-electron chi connectivity index (χ0n) is 12.7. The first-order chi connectivity index (χ1) is 10.6. The summed E-state index contributed by atoms with van der Waals surface area (Å²) in [7, 11) is -4.02. The standard InChI is InChI=1S/C13H19F3N4O2S/c1-10-8-12(20-5-2-3-6-20)19-11(18-10)9-17-23(21,22)7-4-13(14,15)16/h8,17H,2-7,9H2,1H3. The molecule has 0 bridgehead atoms. The number of nitrogens with zero attached hydrogens (tertiary/aromatic N) is 3. The number of alkyl halides is 3. The van der Waals surface area contributed by atoms with Gasteiger partial charge >= 0.3 is 6.18 Å². The van der Waals surface area contributed by atoms with Crippen molar-refractivity contribution >= 4 is 15.8 Å². The van der Waals surface area contributed by atoms with Crippen LogP contribution in [0.3, 0.4) is 0 Å². The van der Waals surface area contributed by atoms with Crippen molar-refractivity contribution in [3.8, 4) is 0 Å². The molecule has 0 unspecified atom stereocenters. The minimum atomic E-state index is -4.50. The van der Waals surface area contributed by atoms with Gasteiger partial charge in [0.1, 0.15) is 11.6 Å². The quantitative estimate of drug-likeness (QED) is 0.844. The van der Waals surface area contributed by atoms with Crippen LogP contribution in [0, 0.1) is 6.92 Å². The van der Waals surface area contributed by atoms with Gasteiger partial charge in [-0.05, 0) is 19.8 Å². The van der Waals surface area contributed by atoms with E-state index in [1.807, 2.05) is 6.07 Å². The normalized spacial score (nSPS) is 16.1. The molecule has 1 saturated heterocycles. The van der Waals surface area contributed by atoms with Crippen molar-refractivity contribution in [3.63, 3.8) is 0 Å². The molecule has 1 N–H and O–H groups in total. The van der Waals surface area contributed by atoms with Crippen LogP contribution in [-0.4, -0.2) is 43.4 Å². The van der Waals surface area contributed by atoms with E-state index in [1.54, 1.807) is 6.92 Å². The summed E-state index contributed by atoms with van der Waals surface area (Å²) >= 11 is 0. The van der Waals surface area contributed by atoms with E-state index in [-0.39, 0.29) is 12.4 Å². The lowest BCUT2D eigenvalue weighted by Gasteiger charge is -2.17. The number of halogens is 3. The third-order valence-electron chi connectivity index (χ3n) is 3.42. The van der Waals surface area contributed by atoms with Crippen molar-refractivity contribution in [1.29, 1.82) is 0 Å². The number of anilines is 1. The Morgan fingerprint density at radius 2 is 1.91 bits per heavy atom. The van der Waals surface area contributed by atoms with Crippen LogP contribution in [0.25, 0.3) is 0 Å². The first-order valence-corrected chi connectivity index (χ1v) is 8.93. The zero-order chi connectivity index (χ0) is 17.1. The SMILES string of the molecule is Cc1cc(N2CCCC2)nc(CNS(=O)(=O)CCC(F)(F)F)n1. The molecular weight excluding hydrogens is 333 g/mol. The number of hydrogen-bond acceptors (Lipinski definition) is 5. The van der Waals surface area contributed by atoms with E-state index in [0.29, 0.717) is 5.69 Å². The average Bonchev–Trinajstić information content (AvgIpc) is 2.96. The molecule has 0 radical (unpaired) electrons. The minimum absolute atomic E-state index is 0.220. The van der Waals surface area contributed by atoms with Gasteiger partial charge in [-0.2, -0.15) is 13.2 Å². The Morgan fingerprint density at radius 1 is 1.26 bits per heavy atom. The molecule has 10 heteroatoms. The van der Waals surface area contributed by atoms with Gasteiger partial charge in [0.25, 0.3) is 0 Å². The van der Waals surface area contributed by atoms with E-state index in [4.69, 9.17) is 0 Å². The van der Waals surface area contributed by atoms with E-state index < -0.39 is 28.4 Å². The molecule has 0 amide bonds. The van der Waals surface area contributed by atoms with Gasteiger partial charge in [0.05, 0.1) is 18.7 Å². The highest BCUT2D eigenvalue weighted by molar-refractivity contribution is 7.89. The number of rotatable bonds is 6. The van der Waals surface area contributed by atoms with Crippen molar-refractivity contribution < 1.29 is 21.6 Å². The van der Waals surface area contributed by atoms with Gasteiger partial charge in [-0.15, -0.1) is 0 Å². The Hall–Kier alpha value is -1.42. The minimum Gasteiger partial charge on any atom is -0.357 e. The summed E-state index contributed by atoms with van der Waals surface area (Å²) < 4.78 is 61.6. The van der Waals surface area contributed by atoms with Crippen molar-refractivity contribution in [1.82, 2.24) is 14.7 Å². The van der Waals surface area contributed by atoms with E-state index in [9.17, 15) is 21.6 Å². The highest BCUT2D eigenvalue weighted by Crippen LogP contribution is 2.20. The topological polar surface area (TPSA) is 75.2 Å². The fourth-order valence-corrected chi connectivity index (χ4v) is 3.29. The Bertz CT molecular complexity index is 643. The van der Waals surface area contributed by atoms with E-state index in [1.165, 1.54) is 0 Å². The van der Waals surface area contributed by atoms with Crippen LogP contribution in [0.15, 0.2) is 6.07 Å². The Balaban J connectivity index is 1.99. The molecule has 0 atom stereocenters. The van der Waals surface area contributed by atoms with Crippen LogP contribution in [0.2, 0.25) is 0 Å². The largest absolute Gasteiger partial charge is 0.390 e. The monoisotopic (exact) mass is 352 g/mol. The molecule has 1 aliphatic heterocycles. The molecule has 0 spiro atoms. The van der Waals surface area contributed by atoms with E-state index in [0.717, 1.165) is 31.7 Å². The maximum Gasteiger partial charge on any atom is 0.390 e. The first kappa shape index (κ1) is 17.9. The number of hydrogen-bond donors (Lipinski definition) is 1. The van der Waals surface area contributed by atoms with Crippen LogP contribution in [0.1, 0.15) is 30.8 Å². The van der Waals surface area contributed by atoms with Crippen molar-refractivity contribution in [2.24, 2.45) is 0 Å². The molecule has 23 heavy (non-hydrogen) atoms. The van der Waals surface area contributed by atoms with Gasteiger partial charge in [-0.3, -0.25) is 0 Å². The van der Waals surface area contributed by atoms with E-state index >= 15 is 0 Å². The summed E-state index contributed by atoms with van der Waals surface area (Å²) in [5.41, 5.74) is 0.686. The summed E-state index contributed by atoms with van der Waals surface area (Å²) in [5.74, 6) is -0.0247. The van der Waals surface area contributed by atoms with Crippen molar-refractivity contribution in [2.45, 2.75) is 38.9 Å². The molecule has 1 aromatic rings. The van der Waals surface area contributed by atoms with Gasteiger partial charge in [0, 0.05) is 24.8 Å². The highest BCUT2D eigenvalue weighted by atomic mass is 32.2. The van der Waals surface area contributed by atoms with Crippen molar-refractivity contribution in [2.75, 3.05) is 23.7 Å². The first-order valence-electron chi connectivity index (χ1n) is 7.28. The van der Waals surface area contributed by atoms with Gasteiger partial charge in [-0.1, -0.05) is 0 Å². The molecule has 130 valence electrons. The van der Waals surface area contributed by atoms with Crippen molar-refractivity contribution in [3.05, 3.63) is 17.6 Å². The molecule has 0 aliphatic carbocycles. The average molecular weight is 352 g/mol. The lowest BCUT2D eigenvalue weighted by molar-refractivity contribution is -0.129. The lowest BCUT2D eigenvalue weighted by atomic mass is 10.4. The summed E-state index contributed by atoms with van der Waals surface area (Å²) in [6.45, 7) is 3.31. The van der Waals surface area contributed by atoms with Crippen LogP contribution < -0.4 is 9.62 Å². The summed E-state index contributed by atoms with van der Waals surface area (Å²) in [6, 6.07) is 1.81. The lowest BCUT2D eigenvalue weighted by Crippen LogP contribution is -2.29. The second kappa shape index (κ2) is 7.00. The van der Waals surface area contributed by atoms with Gasteiger partial charge in [0.2, 0.25) is 10.0 Å². The molecule has 0 aromatic carbocycles. The summed E-state index contributed by atoms with van der Waals surface area (Å²) in [5, 5.41) is 0. The van der Waals surface area contributed by atoms with Crippen LogP contribution >= 0.6 is 0 Å². The van der Waals surface area contributed by atoms with Crippen LogP contribution in [0.4, 0.5) is 19.0 Å². The molecule has 2 heterocycles. The molecule has 1 aromatic heterocycles. The third-order valence-corrected chi connectivity index (χ3v) is 4.75. The summed E-state index contributed by atoms with van der Waals surface area (Å²) in [4.78, 5) is 10.5. The van der Waals surface area contributed by atoms with E-state index in [2.05, 4.69) is 19.6 Å². The molecule has 6 nitrogen and oxygen atoms in total. The van der Waals surface area contributed by atoms with Gasteiger partial charge in [-0.25, -0.2) is 23.1 Å². The molecule has 0 saturated carbocycles. The molecule has 2 rings (SSSR count). The highest BCUT2D eigenvalue weighted by Gasteiger charge is 2.29. The maximum atomic E-state index is 12.1. The predicted octanol–water partition coefficient (Wildman–Crippen LogP) is 1.76. The maximum absolute atomic E-state index is 12.1. The third kappa shape index (κ3) is 5.94. The molecule has 1 fully saturated rings. The molecular formula is C13H19F3N4O2S. The van der Waals surface area contributed by atoms with Crippen LogP contribution in [0.5, 0.6) is 0 Å². The summed E-state index contributed by atoms with van der Waals surface area (Å²) in [6.07, 6.45) is -3.74. The number of nitrogens with one attached hydrogen (secondary N) is 1. The smallest absolute Gasteiger partial charge is 0.357 e. The van der Waals surface area contributed by atoms with Gasteiger partial charge in [0.15, 0.2) is 0 Å². The number of sulfonamides is 1. The zero-order valence-corrected chi connectivity index (χ0v) is 13.5.